The summed E-state index contributed by atoms with van der Waals surface area (Å²) in [5.41, 5.74) is 39.7. The molecule has 0 unspecified atom stereocenters. The molecule has 0 radical (unpaired) electrons. The molecule has 0 heterocycles. The van der Waals surface area contributed by atoms with Gasteiger partial charge in [-0.2, -0.15) is 0 Å². The molecule has 0 saturated carbocycles. The largest absolute Gasteiger partial charge is 0.457 e. The van der Waals surface area contributed by atoms with Gasteiger partial charge in [0.15, 0.2) is 0 Å². The van der Waals surface area contributed by atoms with Crippen molar-refractivity contribution in [2.75, 3.05) is 9.80 Å². The molecule has 19 aromatic carbocycles. The van der Waals surface area contributed by atoms with E-state index in [9.17, 15) is 0 Å². The lowest BCUT2D eigenvalue weighted by molar-refractivity contribution is 0.460. The summed E-state index contributed by atoms with van der Waals surface area (Å²) in [5.74, 6) is 2.49. The molecule has 610 valence electrons. The lowest BCUT2D eigenvalue weighted by Crippen LogP contribution is -2.26. The first kappa shape index (κ1) is 77.2. The second-order valence-corrected chi connectivity index (χ2v) is 36.5. The number of nitrogens with zero attached hydrogens (tertiary/aromatic N) is 2. The summed E-state index contributed by atoms with van der Waals surface area (Å²) in [6.07, 6.45) is 0. The van der Waals surface area contributed by atoms with Gasteiger partial charge in [-0.05, 0) is 240 Å². The highest BCUT2D eigenvalue weighted by Crippen LogP contribution is 2.68. The maximum atomic E-state index is 7.78. The van der Waals surface area contributed by atoms with Crippen LogP contribution in [0.15, 0.2) is 449 Å². The molecule has 0 amide bonds. The number of hydrogen-bond acceptors (Lipinski definition) is 4. The molecule has 0 aromatic heterocycles. The van der Waals surface area contributed by atoms with E-state index in [2.05, 4.69) is 500 Å². The van der Waals surface area contributed by atoms with E-state index in [1.165, 1.54) is 100 Å². The van der Waals surface area contributed by atoms with Crippen molar-refractivity contribution in [2.24, 2.45) is 0 Å². The van der Waals surface area contributed by atoms with Gasteiger partial charge in [-0.3, -0.25) is 0 Å². The van der Waals surface area contributed by atoms with Gasteiger partial charge in [-0.15, -0.1) is 0 Å². The van der Waals surface area contributed by atoms with E-state index in [0.29, 0.717) is 23.0 Å². The highest BCUT2D eigenvalue weighted by atomic mass is 16.5. The molecule has 128 heavy (non-hydrogen) atoms. The Bertz CT molecular complexity index is 6870. The van der Waals surface area contributed by atoms with Crippen LogP contribution in [0.5, 0.6) is 23.0 Å². The van der Waals surface area contributed by atoms with Crippen LogP contribution in [-0.4, -0.2) is 0 Å². The normalized spacial score (nSPS) is 13.0. The van der Waals surface area contributed by atoms with Gasteiger partial charge in [0.05, 0.1) is 33.6 Å². The SMILES string of the molecule is CC(C)(C)c1cc(-c2ccccc2)c(N(c2ccccc2)c2cc(Oc3cccc(Oc4cc(-c5cccc6c5C5(c7ccccc7-c7ccccc75)c5ccccc5-6)cc(N(c5ccccc5)c5c(-c6ccccc6)cc(C(C)(C)C)cc5-c5ccccc5)c4)c3)cc(-c3cccc4c3C3(c5ccccc5-c5ccccc53)c3ccccc3-4)c2)c(-c2ccccc2)c1. The third-order valence-electron chi connectivity index (χ3n) is 27.0. The van der Waals surface area contributed by atoms with Crippen LogP contribution < -0.4 is 19.3 Å². The van der Waals surface area contributed by atoms with Gasteiger partial charge < -0.3 is 19.3 Å². The van der Waals surface area contributed by atoms with Gasteiger partial charge >= 0.3 is 0 Å². The van der Waals surface area contributed by atoms with Crippen LogP contribution in [0.25, 0.3) is 111 Å². The van der Waals surface area contributed by atoms with Crippen LogP contribution in [0, 0.1) is 0 Å². The second-order valence-electron chi connectivity index (χ2n) is 36.5. The third-order valence-corrected chi connectivity index (χ3v) is 27.0. The molecule has 0 atom stereocenters. The van der Waals surface area contributed by atoms with Crippen LogP contribution in [-0.2, 0) is 21.7 Å². The van der Waals surface area contributed by atoms with E-state index >= 15 is 0 Å². The smallest absolute Gasteiger partial charge is 0.131 e. The first-order chi connectivity index (χ1) is 62.7. The Morgan fingerprint density at radius 1 is 0.180 bits per heavy atom. The summed E-state index contributed by atoms with van der Waals surface area (Å²) in [4.78, 5) is 4.98. The minimum absolute atomic E-state index is 0.207. The van der Waals surface area contributed by atoms with Crippen molar-refractivity contribution < 1.29 is 9.47 Å². The molecule has 4 aliphatic carbocycles. The van der Waals surface area contributed by atoms with Crippen LogP contribution in [0.3, 0.4) is 0 Å². The Kier molecular flexibility index (Phi) is 18.5. The van der Waals surface area contributed by atoms with Crippen LogP contribution >= 0.6 is 0 Å². The molecule has 0 bridgehead atoms. The topological polar surface area (TPSA) is 24.9 Å². The van der Waals surface area contributed by atoms with Gasteiger partial charge in [0.2, 0.25) is 0 Å². The van der Waals surface area contributed by atoms with Gasteiger partial charge in [-0.25, -0.2) is 0 Å². The minimum Gasteiger partial charge on any atom is -0.457 e. The van der Waals surface area contributed by atoms with E-state index in [-0.39, 0.29) is 10.8 Å². The number of ether oxygens (including phenoxy) is 2. The Morgan fingerprint density at radius 3 is 0.711 bits per heavy atom. The molecule has 23 rings (SSSR count). The average Bonchev–Trinajstić information content (AvgIpc) is 1.51. The van der Waals surface area contributed by atoms with E-state index in [1.54, 1.807) is 0 Å². The first-order valence-electron chi connectivity index (χ1n) is 44.7. The van der Waals surface area contributed by atoms with Crippen molar-refractivity contribution in [3.8, 4) is 134 Å². The quantitative estimate of drug-likeness (QED) is 0.0963. The van der Waals surface area contributed by atoms with E-state index in [0.717, 1.165) is 101 Å². The Hall–Kier alpha value is -15.6. The van der Waals surface area contributed by atoms with Crippen molar-refractivity contribution in [2.45, 2.75) is 63.2 Å². The highest BCUT2D eigenvalue weighted by Gasteiger charge is 2.55. The van der Waals surface area contributed by atoms with Crippen molar-refractivity contribution in [3.63, 3.8) is 0 Å². The monoisotopic (exact) mass is 1640 g/mol. The molecule has 2 spiro atoms. The molecule has 4 nitrogen and oxygen atoms in total. The van der Waals surface area contributed by atoms with Crippen molar-refractivity contribution >= 4 is 34.1 Å². The second kappa shape index (κ2) is 30.7. The van der Waals surface area contributed by atoms with Crippen molar-refractivity contribution in [1.82, 2.24) is 0 Å². The van der Waals surface area contributed by atoms with Gasteiger partial charge in [0, 0.05) is 51.8 Å². The Labute approximate surface area is 750 Å². The molecule has 0 N–H and O–H groups in total. The summed E-state index contributed by atoms with van der Waals surface area (Å²) in [6, 6.07) is 166. The lowest BCUT2D eigenvalue weighted by atomic mass is 9.68. The van der Waals surface area contributed by atoms with Gasteiger partial charge in [0.1, 0.15) is 23.0 Å². The number of hydrogen-bond donors (Lipinski definition) is 0. The molecule has 0 aliphatic heterocycles. The third kappa shape index (κ3) is 12.6. The Balaban J connectivity index is 0.752. The fraction of sp³-hybridized carbons (Fsp3) is 0.0806. The number of anilines is 6. The van der Waals surface area contributed by atoms with Crippen LogP contribution in [0.4, 0.5) is 34.1 Å². The van der Waals surface area contributed by atoms with Crippen LogP contribution in [0.1, 0.15) is 97.2 Å². The maximum absolute atomic E-state index is 7.78. The molecule has 0 saturated heterocycles. The van der Waals surface area contributed by atoms with E-state index in [1.807, 2.05) is 0 Å². The number of para-hydroxylation sites is 2. The molecule has 4 heteroatoms. The zero-order chi connectivity index (χ0) is 86.0. The summed E-state index contributed by atoms with van der Waals surface area (Å²) < 4.78 is 15.6. The highest BCUT2D eigenvalue weighted by molar-refractivity contribution is 6.05. The summed E-state index contributed by atoms with van der Waals surface area (Å²) in [5, 5.41) is 0. The Morgan fingerprint density at radius 2 is 0.422 bits per heavy atom. The molecule has 19 aromatic rings. The number of fused-ring (bicyclic) bond motifs is 20. The fourth-order valence-electron chi connectivity index (χ4n) is 21.5. The maximum Gasteiger partial charge on any atom is 0.131 e. The summed E-state index contributed by atoms with van der Waals surface area (Å²) >= 11 is 0. The fourth-order valence-corrected chi connectivity index (χ4v) is 21.5. The number of rotatable bonds is 16. The minimum atomic E-state index is -0.665. The average molecular weight is 1640 g/mol. The molecule has 0 fully saturated rings. The lowest BCUT2D eigenvalue weighted by Gasteiger charge is -2.34. The predicted octanol–water partition coefficient (Wildman–Crippen LogP) is 33.5. The molecule has 4 aliphatic rings. The zero-order valence-electron chi connectivity index (χ0n) is 72.4. The van der Waals surface area contributed by atoms with E-state index in [4.69, 9.17) is 9.47 Å². The molecular formula is C124H92N2O2. The standard InChI is InChI=1S/C124H92N2O2/c1-121(2,3)87-74-107(81-40-13-7-14-41-81)119(108(75-87)82-42-15-8-16-43-82)125(89-48-21-11-22-49-89)91-70-85(97-60-38-62-105-103-58-29-35-68-115(103)123(117(97)105)111-64-31-25-54-99(111)100-55-26-32-65-112(100)123)72-95(78-91)127-93-52-37-53-94(80-93)128-96-73-86(98-61-39-63-106-104-59-30-36-69-116(104)124(118(98)106)113-66-33-27-56-101(113)102-57-28-34-67-114(102)124)71-92(79-96)126(90-50-23-12-24-51-90)120-109(83-44-17-9-18-45-83)76-88(122(4,5)6)77-110(120)84-46-19-10-20-47-84/h7-80H,1-6H3. The number of benzene rings is 19. The predicted molar refractivity (Wildman–Crippen MR) is 531 cm³/mol. The zero-order valence-corrected chi connectivity index (χ0v) is 72.4. The summed E-state index contributed by atoms with van der Waals surface area (Å²) in [7, 11) is 0. The van der Waals surface area contributed by atoms with Crippen molar-refractivity contribution in [3.05, 3.63) is 505 Å². The van der Waals surface area contributed by atoms with Gasteiger partial charge in [0.25, 0.3) is 0 Å². The van der Waals surface area contributed by atoms with E-state index < -0.39 is 10.8 Å². The van der Waals surface area contributed by atoms with Crippen molar-refractivity contribution in [1.29, 1.82) is 0 Å². The van der Waals surface area contributed by atoms with Gasteiger partial charge in [-0.1, -0.05) is 387 Å². The van der Waals surface area contributed by atoms with Crippen LogP contribution in [0.2, 0.25) is 0 Å². The molecular weight excluding hydrogens is 1550 g/mol. The first-order valence-corrected chi connectivity index (χ1v) is 44.7. The summed E-state index contributed by atoms with van der Waals surface area (Å²) in [6.45, 7) is 13.9.